The maximum absolute atomic E-state index is 12.8. The predicted octanol–water partition coefficient (Wildman–Crippen LogP) is 1.68. The number of amides is 2. The first kappa shape index (κ1) is 13.7. The molecule has 20 heavy (non-hydrogen) atoms. The quantitative estimate of drug-likeness (QED) is 0.452. The van der Waals surface area contributed by atoms with Gasteiger partial charge in [0.05, 0.1) is 0 Å². The third-order valence-electron chi connectivity index (χ3n) is 2.64. The molecule has 0 heterocycles. The zero-order valence-electron chi connectivity index (χ0n) is 10.4. The number of rotatable bonds is 3. The standard InChI is InChI=1S/C14H12FN3O2/c15-11-5-1-9(2-6-11)13(19)17-12-7-3-10(4-8-12)14(20)18-16/h1-8H,16H2,(H,17,19)(H,18,20). The van der Waals surface area contributed by atoms with E-state index in [0.29, 0.717) is 16.8 Å². The molecule has 2 amide bonds. The summed E-state index contributed by atoms with van der Waals surface area (Å²) in [6.07, 6.45) is 0. The van der Waals surface area contributed by atoms with Gasteiger partial charge in [0.25, 0.3) is 11.8 Å². The van der Waals surface area contributed by atoms with E-state index in [9.17, 15) is 14.0 Å². The molecule has 0 spiro atoms. The molecule has 6 heteroatoms. The van der Waals surface area contributed by atoms with Gasteiger partial charge in [-0.25, -0.2) is 10.2 Å². The van der Waals surface area contributed by atoms with Gasteiger partial charge in [-0.2, -0.15) is 0 Å². The molecule has 0 aliphatic heterocycles. The summed E-state index contributed by atoms with van der Waals surface area (Å²) in [6.45, 7) is 0. The van der Waals surface area contributed by atoms with Gasteiger partial charge in [0.2, 0.25) is 0 Å². The largest absolute Gasteiger partial charge is 0.322 e. The molecule has 2 aromatic carbocycles. The first-order valence-electron chi connectivity index (χ1n) is 5.78. The summed E-state index contributed by atoms with van der Waals surface area (Å²) < 4.78 is 12.8. The summed E-state index contributed by atoms with van der Waals surface area (Å²) in [7, 11) is 0. The fourth-order valence-electron chi connectivity index (χ4n) is 1.59. The Morgan fingerprint density at radius 3 is 1.90 bits per heavy atom. The Morgan fingerprint density at radius 2 is 1.35 bits per heavy atom. The summed E-state index contributed by atoms with van der Waals surface area (Å²) in [5.74, 6) is 3.83. The van der Waals surface area contributed by atoms with Crippen molar-refractivity contribution in [2.24, 2.45) is 5.84 Å². The minimum atomic E-state index is -0.415. The number of hydrogen-bond acceptors (Lipinski definition) is 3. The van der Waals surface area contributed by atoms with Crippen LogP contribution in [0.5, 0.6) is 0 Å². The molecule has 0 saturated carbocycles. The lowest BCUT2D eigenvalue weighted by atomic mass is 10.1. The zero-order chi connectivity index (χ0) is 14.5. The Kier molecular flexibility index (Phi) is 4.07. The van der Waals surface area contributed by atoms with Crippen molar-refractivity contribution in [2.75, 3.05) is 5.32 Å². The fourth-order valence-corrected chi connectivity index (χ4v) is 1.59. The second-order valence-corrected chi connectivity index (χ2v) is 4.01. The van der Waals surface area contributed by atoms with Gasteiger partial charge >= 0.3 is 0 Å². The topological polar surface area (TPSA) is 84.2 Å². The van der Waals surface area contributed by atoms with Crippen LogP contribution in [0.3, 0.4) is 0 Å². The molecule has 0 saturated heterocycles. The van der Waals surface area contributed by atoms with Crippen molar-refractivity contribution in [1.82, 2.24) is 5.43 Å². The van der Waals surface area contributed by atoms with Gasteiger partial charge in [-0.1, -0.05) is 0 Å². The molecule has 4 N–H and O–H groups in total. The average Bonchev–Trinajstić information content (AvgIpc) is 2.48. The van der Waals surface area contributed by atoms with E-state index >= 15 is 0 Å². The van der Waals surface area contributed by atoms with E-state index in [0.717, 1.165) is 0 Å². The number of hydrogen-bond donors (Lipinski definition) is 3. The van der Waals surface area contributed by atoms with Crippen LogP contribution in [0.1, 0.15) is 20.7 Å². The Bertz CT molecular complexity index is 624. The summed E-state index contributed by atoms with van der Waals surface area (Å²) in [4.78, 5) is 23.1. The van der Waals surface area contributed by atoms with E-state index < -0.39 is 11.7 Å². The van der Waals surface area contributed by atoms with Crippen molar-refractivity contribution < 1.29 is 14.0 Å². The molecule has 2 rings (SSSR count). The molecule has 0 fully saturated rings. The van der Waals surface area contributed by atoms with Gasteiger partial charge in [0.15, 0.2) is 0 Å². The first-order valence-corrected chi connectivity index (χ1v) is 5.78. The molecule has 0 aromatic heterocycles. The van der Waals surface area contributed by atoms with Crippen molar-refractivity contribution in [3.05, 3.63) is 65.5 Å². The van der Waals surface area contributed by atoms with Crippen LogP contribution < -0.4 is 16.6 Å². The van der Waals surface area contributed by atoms with Crippen LogP contribution in [0.15, 0.2) is 48.5 Å². The maximum Gasteiger partial charge on any atom is 0.265 e. The molecular weight excluding hydrogens is 261 g/mol. The summed E-state index contributed by atoms with van der Waals surface area (Å²) in [6, 6.07) is 11.4. The molecular formula is C14H12FN3O2. The first-order chi connectivity index (χ1) is 9.60. The van der Waals surface area contributed by atoms with E-state index in [1.54, 1.807) is 12.1 Å². The highest BCUT2D eigenvalue weighted by atomic mass is 19.1. The number of carbonyl (C=O) groups is 2. The lowest BCUT2D eigenvalue weighted by Gasteiger charge is -2.06. The molecule has 102 valence electrons. The van der Waals surface area contributed by atoms with Crippen LogP contribution in [-0.4, -0.2) is 11.8 Å². The van der Waals surface area contributed by atoms with Crippen molar-refractivity contribution in [1.29, 1.82) is 0 Å². The van der Waals surface area contributed by atoms with E-state index in [-0.39, 0.29) is 5.91 Å². The lowest BCUT2D eigenvalue weighted by Crippen LogP contribution is -2.29. The van der Waals surface area contributed by atoms with Crippen LogP contribution in [0.25, 0.3) is 0 Å². The van der Waals surface area contributed by atoms with Crippen LogP contribution >= 0.6 is 0 Å². The highest BCUT2D eigenvalue weighted by Crippen LogP contribution is 2.12. The number of anilines is 1. The second-order valence-electron chi connectivity index (χ2n) is 4.01. The van der Waals surface area contributed by atoms with Crippen LogP contribution in [0.2, 0.25) is 0 Å². The van der Waals surface area contributed by atoms with Crippen molar-refractivity contribution in [3.63, 3.8) is 0 Å². The molecule has 0 aliphatic carbocycles. The van der Waals surface area contributed by atoms with Gasteiger partial charge in [-0.05, 0) is 48.5 Å². The normalized spacial score (nSPS) is 9.90. The predicted molar refractivity (Wildman–Crippen MR) is 72.4 cm³/mol. The molecule has 0 radical (unpaired) electrons. The number of hydrazine groups is 1. The van der Waals surface area contributed by atoms with Gasteiger partial charge < -0.3 is 5.32 Å². The van der Waals surface area contributed by atoms with Crippen molar-refractivity contribution in [3.8, 4) is 0 Å². The lowest BCUT2D eigenvalue weighted by molar-refractivity contribution is 0.0953. The summed E-state index contributed by atoms with van der Waals surface area (Å²) in [5, 5.41) is 2.64. The minimum absolute atomic E-state index is 0.343. The number of nitrogens with two attached hydrogens (primary N) is 1. The van der Waals surface area contributed by atoms with Gasteiger partial charge in [0.1, 0.15) is 5.82 Å². The molecule has 0 atom stereocenters. The molecule has 0 unspecified atom stereocenters. The third kappa shape index (κ3) is 3.18. The van der Waals surface area contributed by atoms with Crippen molar-refractivity contribution in [2.45, 2.75) is 0 Å². The number of carbonyl (C=O) groups excluding carboxylic acids is 2. The Hall–Kier alpha value is -2.73. The Labute approximate surface area is 114 Å². The zero-order valence-corrected chi connectivity index (χ0v) is 10.4. The third-order valence-corrected chi connectivity index (χ3v) is 2.64. The SMILES string of the molecule is NNC(=O)c1ccc(NC(=O)c2ccc(F)cc2)cc1. The molecule has 2 aromatic rings. The minimum Gasteiger partial charge on any atom is -0.322 e. The van der Waals surface area contributed by atoms with E-state index in [2.05, 4.69) is 5.32 Å². The fraction of sp³-hybridized carbons (Fsp3) is 0. The van der Waals surface area contributed by atoms with Crippen molar-refractivity contribution >= 4 is 17.5 Å². The smallest absolute Gasteiger partial charge is 0.265 e. The number of halogens is 1. The van der Waals surface area contributed by atoms with Gasteiger partial charge in [-0.15, -0.1) is 0 Å². The van der Waals surface area contributed by atoms with E-state index in [4.69, 9.17) is 5.84 Å². The molecule has 0 bridgehead atoms. The van der Waals surface area contributed by atoms with Gasteiger partial charge in [0, 0.05) is 16.8 Å². The van der Waals surface area contributed by atoms with Crippen LogP contribution in [0, 0.1) is 5.82 Å². The maximum atomic E-state index is 12.8. The number of nitrogen functional groups attached to an aromatic ring is 1. The average molecular weight is 273 g/mol. The monoisotopic (exact) mass is 273 g/mol. The van der Waals surface area contributed by atoms with E-state index in [1.165, 1.54) is 36.4 Å². The highest BCUT2D eigenvalue weighted by Gasteiger charge is 2.07. The summed E-state index contributed by atoms with van der Waals surface area (Å²) >= 11 is 0. The second kappa shape index (κ2) is 5.94. The van der Waals surface area contributed by atoms with Crippen LogP contribution in [-0.2, 0) is 0 Å². The van der Waals surface area contributed by atoms with Gasteiger partial charge in [-0.3, -0.25) is 15.0 Å². The number of nitrogens with one attached hydrogen (secondary N) is 2. The van der Waals surface area contributed by atoms with Crippen LogP contribution in [0.4, 0.5) is 10.1 Å². The summed E-state index contributed by atoms with van der Waals surface area (Å²) in [5.41, 5.74) is 3.26. The molecule has 0 aliphatic rings. The van der Waals surface area contributed by atoms with E-state index in [1.807, 2.05) is 5.43 Å². The highest BCUT2D eigenvalue weighted by molar-refractivity contribution is 6.04. The molecule has 5 nitrogen and oxygen atoms in total. The Morgan fingerprint density at radius 1 is 0.850 bits per heavy atom. The Balaban J connectivity index is 2.08. The number of benzene rings is 2.